The third kappa shape index (κ3) is 2.34. The van der Waals surface area contributed by atoms with Crippen LogP contribution < -0.4 is 11.1 Å². The Morgan fingerprint density at radius 3 is 3.29 bits per heavy atom. The number of oxazole rings is 1. The predicted octanol–water partition coefficient (Wildman–Crippen LogP) is 2.72. The van der Waals surface area contributed by atoms with E-state index in [4.69, 9.17) is 10.2 Å². The maximum absolute atomic E-state index is 5.70. The van der Waals surface area contributed by atoms with Crippen molar-refractivity contribution in [3.05, 3.63) is 18.2 Å². The van der Waals surface area contributed by atoms with Gasteiger partial charge in [-0.1, -0.05) is 0 Å². The quantitative estimate of drug-likeness (QED) is 0.819. The van der Waals surface area contributed by atoms with Gasteiger partial charge >= 0.3 is 0 Å². The van der Waals surface area contributed by atoms with Gasteiger partial charge in [0.15, 0.2) is 5.58 Å². The number of aromatic nitrogens is 1. The first kappa shape index (κ1) is 10.8. The van der Waals surface area contributed by atoms with Gasteiger partial charge in [0.1, 0.15) is 5.52 Å². The van der Waals surface area contributed by atoms with Crippen LogP contribution in [0.4, 0.5) is 11.7 Å². The smallest absolute Gasteiger partial charge is 0.295 e. The lowest BCUT2D eigenvalue weighted by Gasteiger charge is -2.07. The Morgan fingerprint density at radius 1 is 1.53 bits per heavy atom. The first-order chi connectivity index (χ1) is 8.31. The molecule has 1 saturated heterocycles. The molecule has 3 N–H and O–H groups in total. The van der Waals surface area contributed by atoms with Crippen LogP contribution in [0, 0.1) is 0 Å². The molecule has 4 nitrogen and oxygen atoms in total. The van der Waals surface area contributed by atoms with Crippen molar-refractivity contribution in [3.63, 3.8) is 0 Å². The molecule has 0 aliphatic carbocycles. The van der Waals surface area contributed by atoms with Crippen LogP contribution in [0.5, 0.6) is 0 Å². The first-order valence-corrected chi connectivity index (χ1v) is 6.88. The van der Waals surface area contributed by atoms with Crippen molar-refractivity contribution in [2.75, 3.05) is 23.3 Å². The maximum atomic E-state index is 5.70. The molecule has 1 atom stereocenters. The van der Waals surface area contributed by atoms with E-state index >= 15 is 0 Å². The van der Waals surface area contributed by atoms with E-state index in [1.807, 2.05) is 30.0 Å². The van der Waals surface area contributed by atoms with Gasteiger partial charge in [-0.05, 0) is 36.8 Å². The minimum Gasteiger partial charge on any atom is -0.424 e. The lowest BCUT2D eigenvalue weighted by molar-refractivity contribution is 0.612. The number of fused-ring (bicyclic) bond motifs is 1. The highest BCUT2D eigenvalue weighted by atomic mass is 32.2. The molecule has 0 spiro atoms. The summed E-state index contributed by atoms with van der Waals surface area (Å²) in [5, 5.41) is 3.95. The SMILES string of the molecule is Nc1ccc2oc(NCC3CCCS3)nc2c1. The standard InChI is InChI=1S/C12H15N3OS/c13-8-3-4-11-10(6-8)15-12(16-11)14-7-9-2-1-5-17-9/h3-4,6,9H,1-2,5,7,13H2,(H,14,15). The number of thioether (sulfide) groups is 1. The Bertz CT molecular complexity index is 519. The van der Waals surface area contributed by atoms with Crippen LogP contribution >= 0.6 is 11.8 Å². The van der Waals surface area contributed by atoms with Crippen LogP contribution in [0.2, 0.25) is 0 Å². The van der Waals surface area contributed by atoms with Gasteiger partial charge < -0.3 is 15.5 Å². The van der Waals surface area contributed by atoms with E-state index < -0.39 is 0 Å². The maximum Gasteiger partial charge on any atom is 0.295 e. The van der Waals surface area contributed by atoms with Crippen molar-refractivity contribution in [1.82, 2.24) is 4.98 Å². The van der Waals surface area contributed by atoms with Gasteiger partial charge in [0, 0.05) is 17.5 Å². The molecule has 0 saturated carbocycles. The summed E-state index contributed by atoms with van der Waals surface area (Å²) in [4.78, 5) is 4.37. The van der Waals surface area contributed by atoms with E-state index in [9.17, 15) is 0 Å². The summed E-state index contributed by atoms with van der Waals surface area (Å²) in [6, 6.07) is 6.10. The zero-order chi connectivity index (χ0) is 11.7. The largest absolute Gasteiger partial charge is 0.424 e. The minimum absolute atomic E-state index is 0.595. The number of rotatable bonds is 3. The van der Waals surface area contributed by atoms with E-state index in [-0.39, 0.29) is 0 Å². The summed E-state index contributed by atoms with van der Waals surface area (Å²) < 4.78 is 5.60. The van der Waals surface area contributed by atoms with Gasteiger partial charge in [-0.15, -0.1) is 0 Å². The Balaban J connectivity index is 1.72. The van der Waals surface area contributed by atoms with Crippen molar-refractivity contribution >= 4 is 34.6 Å². The van der Waals surface area contributed by atoms with Gasteiger partial charge in [-0.2, -0.15) is 16.7 Å². The molecule has 0 radical (unpaired) electrons. The van der Waals surface area contributed by atoms with Crippen LogP contribution in [0.1, 0.15) is 12.8 Å². The van der Waals surface area contributed by atoms with Gasteiger partial charge in [-0.25, -0.2) is 0 Å². The van der Waals surface area contributed by atoms with E-state index in [2.05, 4.69) is 10.3 Å². The summed E-state index contributed by atoms with van der Waals surface area (Å²) >= 11 is 2.02. The number of nitrogen functional groups attached to an aromatic ring is 1. The van der Waals surface area contributed by atoms with E-state index in [0.29, 0.717) is 17.0 Å². The highest BCUT2D eigenvalue weighted by Crippen LogP contribution is 2.27. The highest BCUT2D eigenvalue weighted by Gasteiger charge is 2.16. The normalized spacial score (nSPS) is 19.9. The first-order valence-electron chi connectivity index (χ1n) is 5.83. The van der Waals surface area contributed by atoms with Crippen LogP contribution in [0.25, 0.3) is 11.1 Å². The molecule has 1 aliphatic rings. The molecule has 1 aromatic heterocycles. The highest BCUT2D eigenvalue weighted by molar-refractivity contribution is 8.00. The topological polar surface area (TPSA) is 64.1 Å². The molecule has 90 valence electrons. The summed E-state index contributed by atoms with van der Waals surface area (Å²) in [7, 11) is 0. The van der Waals surface area contributed by atoms with Crippen LogP contribution in [0.15, 0.2) is 22.6 Å². The van der Waals surface area contributed by atoms with Crippen LogP contribution in [-0.2, 0) is 0 Å². The summed E-state index contributed by atoms with van der Waals surface area (Å²) in [6.45, 7) is 0.924. The van der Waals surface area contributed by atoms with Crippen molar-refractivity contribution < 1.29 is 4.42 Å². The summed E-state index contributed by atoms with van der Waals surface area (Å²) in [5.41, 5.74) is 8.00. The predicted molar refractivity (Wildman–Crippen MR) is 72.4 cm³/mol. The Morgan fingerprint density at radius 2 is 2.47 bits per heavy atom. The van der Waals surface area contributed by atoms with Crippen molar-refractivity contribution in [1.29, 1.82) is 0 Å². The van der Waals surface area contributed by atoms with E-state index in [1.54, 1.807) is 0 Å². The molecule has 0 amide bonds. The number of benzene rings is 1. The fourth-order valence-electron chi connectivity index (χ4n) is 2.03. The Labute approximate surface area is 104 Å². The molecule has 5 heteroatoms. The molecule has 3 rings (SSSR count). The fourth-order valence-corrected chi connectivity index (χ4v) is 3.23. The minimum atomic E-state index is 0.595. The number of nitrogens with one attached hydrogen (secondary N) is 1. The molecule has 1 aromatic carbocycles. The van der Waals surface area contributed by atoms with E-state index in [1.165, 1.54) is 18.6 Å². The van der Waals surface area contributed by atoms with Gasteiger partial charge in [0.25, 0.3) is 6.01 Å². The molecule has 2 aromatic rings. The van der Waals surface area contributed by atoms with E-state index in [0.717, 1.165) is 17.6 Å². The molecule has 17 heavy (non-hydrogen) atoms. The molecular formula is C12H15N3OS. The molecule has 2 heterocycles. The number of anilines is 2. The number of hydrogen-bond donors (Lipinski definition) is 2. The Kier molecular flexibility index (Phi) is 2.84. The number of nitrogens with two attached hydrogens (primary N) is 1. The number of nitrogens with zero attached hydrogens (tertiary/aromatic N) is 1. The number of hydrogen-bond acceptors (Lipinski definition) is 5. The third-order valence-electron chi connectivity index (χ3n) is 2.92. The van der Waals surface area contributed by atoms with Crippen LogP contribution in [0.3, 0.4) is 0 Å². The fraction of sp³-hybridized carbons (Fsp3) is 0.417. The average molecular weight is 249 g/mol. The summed E-state index contributed by atoms with van der Waals surface area (Å²) in [6.07, 6.45) is 2.60. The molecule has 1 unspecified atom stereocenters. The van der Waals surface area contributed by atoms with Crippen LogP contribution in [-0.4, -0.2) is 22.5 Å². The lowest BCUT2D eigenvalue weighted by Crippen LogP contribution is -2.13. The lowest BCUT2D eigenvalue weighted by atomic mass is 10.2. The second kappa shape index (κ2) is 4.49. The Hall–Kier alpha value is -1.36. The second-order valence-corrected chi connectivity index (χ2v) is 5.67. The van der Waals surface area contributed by atoms with Gasteiger partial charge in [0.05, 0.1) is 0 Å². The molecular weight excluding hydrogens is 234 g/mol. The zero-order valence-corrected chi connectivity index (χ0v) is 10.3. The third-order valence-corrected chi connectivity index (χ3v) is 4.31. The molecule has 1 fully saturated rings. The van der Waals surface area contributed by atoms with Gasteiger partial charge in [-0.3, -0.25) is 0 Å². The van der Waals surface area contributed by atoms with Crippen molar-refractivity contribution in [2.24, 2.45) is 0 Å². The average Bonchev–Trinajstić information content (AvgIpc) is 2.94. The zero-order valence-electron chi connectivity index (χ0n) is 9.48. The summed E-state index contributed by atoms with van der Waals surface area (Å²) in [5.74, 6) is 1.27. The molecule has 0 bridgehead atoms. The van der Waals surface area contributed by atoms with Gasteiger partial charge in [0.2, 0.25) is 0 Å². The second-order valence-electron chi connectivity index (χ2n) is 4.26. The van der Waals surface area contributed by atoms with Crippen molar-refractivity contribution in [3.8, 4) is 0 Å². The van der Waals surface area contributed by atoms with Crippen molar-refractivity contribution in [2.45, 2.75) is 18.1 Å². The monoisotopic (exact) mass is 249 g/mol. The molecule has 1 aliphatic heterocycles.